The highest BCUT2D eigenvalue weighted by Gasteiger charge is 2.50. The van der Waals surface area contributed by atoms with Gasteiger partial charge in [-0.25, -0.2) is 0 Å². The zero-order valence-electron chi connectivity index (χ0n) is 12.6. The van der Waals surface area contributed by atoms with Crippen molar-refractivity contribution in [3.8, 4) is 0 Å². The molecule has 5 aliphatic rings. The molecule has 20 heavy (non-hydrogen) atoms. The summed E-state index contributed by atoms with van der Waals surface area (Å²) in [5.41, 5.74) is 0. The second-order valence-electron chi connectivity index (χ2n) is 7.95. The second kappa shape index (κ2) is 5.44. The van der Waals surface area contributed by atoms with Crippen LogP contribution in [0.3, 0.4) is 0 Å². The number of hydrogen-bond acceptors (Lipinski definition) is 2. The lowest BCUT2D eigenvalue weighted by atomic mass is 9.51. The number of carbonyl (C=O) groups is 1. The van der Waals surface area contributed by atoms with Crippen LogP contribution in [0.2, 0.25) is 0 Å². The van der Waals surface area contributed by atoms with Crippen molar-refractivity contribution in [3.63, 3.8) is 0 Å². The Labute approximate surface area is 122 Å². The van der Waals surface area contributed by atoms with Gasteiger partial charge in [0.25, 0.3) is 0 Å². The van der Waals surface area contributed by atoms with Crippen molar-refractivity contribution >= 4 is 5.78 Å². The third-order valence-corrected chi connectivity index (χ3v) is 6.57. The first-order valence-corrected chi connectivity index (χ1v) is 8.94. The number of ketones is 1. The fraction of sp³-hybridized carbons (Fsp3) is 0.944. The van der Waals surface area contributed by atoms with Gasteiger partial charge in [0.05, 0.1) is 6.10 Å². The molecule has 5 fully saturated rings. The van der Waals surface area contributed by atoms with Gasteiger partial charge in [-0.2, -0.15) is 0 Å². The van der Waals surface area contributed by atoms with Gasteiger partial charge in [-0.1, -0.05) is 0 Å². The average molecular weight is 276 g/mol. The fourth-order valence-electron chi connectivity index (χ4n) is 5.99. The molecule has 0 aromatic rings. The molecule has 1 atom stereocenters. The molecule has 1 unspecified atom stereocenters. The number of ether oxygens (including phenoxy) is 1. The fourth-order valence-corrected chi connectivity index (χ4v) is 5.99. The van der Waals surface area contributed by atoms with Crippen molar-refractivity contribution in [1.82, 2.24) is 0 Å². The summed E-state index contributed by atoms with van der Waals surface area (Å²) < 4.78 is 5.66. The SMILES string of the molecule is O=C(CCCC1CCCO1)C1C2CC3CC(C2)CC1C3. The van der Waals surface area contributed by atoms with Crippen molar-refractivity contribution in [3.05, 3.63) is 0 Å². The van der Waals surface area contributed by atoms with E-state index in [1.807, 2.05) is 0 Å². The molecule has 4 aliphatic carbocycles. The van der Waals surface area contributed by atoms with Crippen LogP contribution in [-0.4, -0.2) is 18.5 Å². The minimum Gasteiger partial charge on any atom is -0.378 e. The van der Waals surface area contributed by atoms with Crippen molar-refractivity contribution in [2.45, 2.75) is 70.3 Å². The molecule has 1 aliphatic heterocycles. The molecule has 0 spiro atoms. The van der Waals surface area contributed by atoms with Crippen LogP contribution in [0.15, 0.2) is 0 Å². The summed E-state index contributed by atoms with van der Waals surface area (Å²) in [4.78, 5) is 12.7. The van der Waals surface area contributed by atoms with Crippen LogP contribution in [0.1, 0.15) is 64.2 Å². The van der Waals surface area contributed by atoms with E-state index in [1.165, 1.54) is 44.9 Å². The summed E-state index contributed by atoms with van der Waals surface area (Å²) in [6.45, 7) is 0.939. The van der Waals surface area contributed by atoms with Crippen LogP contribution in [0, 0.1) is 29.6 Å². The van der Waals surface area contributed by atoms with Crippen molar-refractivity contribution < 1.29 is 9.53 Å². The highest BCUT2D eigenvalue weighted by atomic mass is 16.5. The van der Waals surface area contributed by atoms with Gasteiger partial charge in [-0.15, -0.1) is 0 Å². The lowest BCUT2D eigenvalue weighted by Crippen LogP contribution is -2.48. The molecule has 0 aromatic carbocycles. The minimum absolute atomic E-state index is 0.451. The second-order valence-corrected chi connectivity index (χ2v) is 7.95. The first kappa shape index (κ1) is 13.3. The van der Waals surface area contributed by atoms with Crippen molar-refractivity contribution in [2.24, 2.45) is 29.6 Å². The van der Waals surface area contributed by atoms with Gasteiger partial charge >= 0.3 is 0 Å². The Bertz CT molecular complexity index is 342. The molecule has 1 heterocycles. The molecule has 2 nitrogen and oxygen atoms in total. The monoisotopic (exact) mass is 276 g/mol. The average Bonchev–Trinajstić information content (AvgIpc) is 2.90. The van der Waals surface area contributed by atoms with E-state index in [2.05, 4.69) is 0 Å². The Morgan fingerprint density at radius 2 is 1.70 bits per heavy atom. The lowest BCUT2D eigenvalue weighted by Gasteiger charge is -2.53. The standard InChI is InChI=1S/C18H28O2/c19-17(5-1-3-16-4-2-6-20-16)18-14-8-12-7-13(10-14)11-15(18)9-12/h12-16,18H,1-11H2. The number of rotatable bonds is 5. The maximum atomic E-state index is 12.7. The highest BCUT2D eigenvalue weighted by Crippen LogP contribution is 2.56. The molecule has 4 bridgehead atoms. The van der Waals surface area contributed by atoms with E-state index in [1.54, 1.807) is 0 Å². The molecule has 4 saturated carbocycles. The summed E-state index contributed by atoms with van der Waals surface area (Å²) in [5, 5.41) is 0. The van der Waals surface area contributed by atoms with Gasteiger partial charge in [0.2, 0.25) is 0 Å². The summed E-state index contributed by atoms with van der Waals surface area (Å²) in [6.07, 6.45) is 12.8. The maximum Gasteiger partial charge on any atom is 0.136 e. The van der Waals surface area contributed by atoms with Gasteiger partial charge < -0.3 is 4.74 Å². The zero-order valence-corrected chi connectivity index (χ0v) is 12.6. The Balaban J connectivity index is 1.30. The first-order chi connectivity index (χ1) is 9.79. The largest absolute Gasteiger partial charge is 0.378 e. The van der Waals surface area contributed by atoms with Crippen LogP contribution in [-0.2, 0) is 9.53 Å². The van der Waals surface area contributed by atoms with Crippen LogP contribution in [0.25, 0.3) is 0 Å². The Morgan fingerprint density at radius 3 is 2.30 bits per heavy atom. The zero-order chi connectivity index (χ0) is 13.5. The molecule has 1 saturated heterocycles. The molecule has 0 aromatic heterocycles. The molecular weight excluding hydrogens is 248 g/mol. The van der Waals surface area contributed by atoms with E-state index in [0.717, 1.165) is 49.5 Å². The summed E-state index contributed by atoms with van der Waals surface area (Å²) in [6, 6.07) is 0. The highest BCUT2D eigenvalue weighted by molar-refractivity contribution is 5.82. The summed E-state index contributed by atoms with van der Waals surface area (Å²) in [7, 11) is 0. The first-order valence-electron chi connectivity index (χ1n) is 8.94. The van der Waals surface area contributed by atoms with E-state index >= 15 is 0 Å². The van der Waals surface area contributed by atoms with Crippen LogP contribution in [0.5, 0.6) is 0 Å². The van der Waals surface area contributed by atoms with Crippen LogP contribution >= 0.6 is 0 Å². The van der Waals surface area contributed by atoms with Gasteiger partial charge in [0.1, 0.15) is 5.78 Å². The molecule has 0 amide bonds. The Kier molecular flexibility index (Phi) is 3.62. The lowest BCUT2D eigenvalue weighted by molar-refractivity contribution is -0.136. The van der Waals surface area contributed by atoms with Crippen LogP contribution in [0.4, 0.5) is 0 Å². The number of carbonyl (C=O) groups excluding carboxylic acids is 1. The summed E-state index contributed by atoms with van der Waals surface area (Å²) >= 11 is 0. The van der Waals surface area contributed by atoms with Crippen molar-refractivity contribution in [2.75, 3.05) is 6.61 Å². The quantitative estimate of drug-likeness (QED) is 0.759. The van der Waals surface area contributed by atoms with Crippen molar-refractivity contribution in [1.29, 1.82) is 0 Å². The number of hydrogen-bond donors (Lipinski definition) is 0. The van der Waals surface area contributed by atoms with Gasteiger partial charge in [-0.05, 0) is 81.5 Å². The predicted molar refractivity (Wildman–Crippen MR) is 78.4 cm³/mol. The topological polar surface area (TPSA) is 26.3 Å². The van der Waals surface area contributed by atoms with Gasteiger partial charge in [-0.3, -0.25) is 4.79 Å². The molecule has 2 heteroatoms. The molecule has 0 N–H and O–H groups in total. The number of Topliss-reactive ketones (excluding diaryl/α,β-unsaturated/α-hetero) is 1. The van der Waals surface area contributed by atoms with E-state index in [4.69, 9.17) is 4.74 Å². The molecular formula is C18H28O2. The van der Waals surface area contributed by atoms with E-state index in [9.17, 15) is 4.79 Å². The van der Waals surface area contributed by atoms with Gasteiger partial charge in [0, 0.05) is 18.9 Å². The van der Waals surface area contributed by atoms with Gasteiger partial charge in [0.15, 0.2) is 0 Å². The van der Waals surface area contributed by atoms with E-state index < -0.39 is 0 Å². The Hall–Kier alpha value is -0.370. The maximum absolute atomic E-state index is 12.7. The van der Waals surface area contributed by atoms with E-state index in [-0.39, 0.29) is 0 Å². The molecule has 0 radical (unpaired) electrons. The normalized spacial score (nSPS) is 46.0. The Morgan fingerprint density at radius 1 is 1.00 bits per heavy atom. The third-order valence-electron chi connectivity index (χ3n) is 6.57. The molecule has 112 valence electrons. The smallest absolute Gasteiger partial charge is 0.136 e. The summed E-state index contributed by atoms with van der Waals surface area (Å²) in [5.74, 6) is 4.55. The minimum atomic E-state index is 0.451. The molecule has 5 rings (SSSR count). The van der Waals surface area contributed by atoms with Crippen LogP contribution < -0.4 is 0 Å². The predicted octanol–water partition coefficient (Wildman–Crippen LogP) is 3.98. The van der Waals surface area contributed by atoms with E-state index in [0.29, 0.717) is 17.8 Å². The third kappa shape index (κ3) is 2.45.